The molecule has 0 amide bonds. The minimum absolute atomic E-state index is 0.0508. The van der Waals surface area contributed by atoms with Crippen LogP contribution in [-0.4, -0.2) is 32.4 Å². The van der Waals surface area contributed by atoms with Crippen LogP contribution in [0, 0.1) is 11.3 Å². The Morgan fingerprint density at radius 3 is 1.92 bits per heavy atom. The van der Waals surface area contributed by atoms with Gasteiger partial charge in [0.1, 0.15) is 0 Å². The molecular weight excluding hydrogens is 546 g/mol. The molecule has 0 radical (unpaired) electrons. The van der Waals surface area contributed by atoms with Gasteiger partial charge in [0, 0.05) is 27.5 Å². The third-order valence-corrected chi connectivity index (χ3v) is 7.38. The van der Waals surface area contributed by atoms with Crippen LogP contribution in [0.25, 0.3) is 11.1 Å². The number of nitrogens with zero attached hydrogens (tertiary/aromatic N) is 2. The van der Waals surface area contributed by atoms with Gasteiger partial charge < -0.3 is 0 Å². The maximum Gasteiger partial charge on any atom is 0.0724 e. The Balaban J connectivity index is 2.07. The zero-order chi connectivity index (χ0) is 18.9. The van der Waals surface area contributed by atoms with Crippen molar-refractivity contribution < 1.29 is 0 Å². The van der Waals surface area contributed by atoms with E-state index in [0.29, 0.717) is 12.1 Å². The Kier molecular flexibility index (Phi) is 9.37. The first-order chi connectivity index (χ1) is 12.6. The molecule has 0 aliphatic carbocycles. The van der Waals surface area contributed by atoms with Crippen molar-refractivity contribution in [1.82, 2.24) is 4.90 Å². The van der Waals surface area contributed by atoms with Crippen LogP contribution in [-0.2, 0) is 0 Å². The van der Waals surface area contributed by atoms with Crippen LogP contribution in [0.5, 0.6) is 0 Å². The summed E-state index contributed by atoms with van der Waals surface area (Å²) in [6.07, 6.45) is 0.878. The van der Waals surface area contributed by atoms with E-state index >= 15 is 0 Å². The molecule has 26 heavy (non-hydrogen) atoms. The molecule has 2 rings (SSSR count). The van der Waals surface area contributed by atoms with Crippen molar-refractivity contribution >= 4 is 45.2 Å². The minimum Gasteiger partial charge on any atom is -0.296 e. The van der Waals surface area contributed by atoms with Crippen LogP contribution in [0.4, 0.5) is 0 Å². The maximum atomic E-state index is 9.70. The Labute approximate surface area is 185 Å². The summed E-state index contributed by atoms with van der Waals surface area (Å²) in [7, 11) is 0. The smallest absolute Gasteiger partial charge is 0.0724 e. The average molecular weight is 572 g/mol. The molecule has 0 aromatic heterocycles. The van der Waals surface area contributed by atoms with Crippen molar-refractivity contribution in [3.63, 3.8) is 0 Å². The average Bonchev–Trinajstić information content (AvgIpc) is 2.71. The fourth-order valence-corrected chi connectivity index (χ4v) is 4.19. The number of halogens is 2. The number of hydrogen-bond donors (Lipinski definition) is 0. The molecule has 0 aliphatic heterocycles. The molecule has 0 saturated carbocycles. The van der Waals surface area contributed by atoms with Crippen LogP contribution < -0.4 is 0 Å². The highest BCUT2D eigenvalue weighted by atomic mass is 127. The number of benzene rings is 2. The molecule has 4 heteroatoms. The minimum atomic E-state index is -0.0508. The van der Waals surface area contributed by atoms with Crippen LogP contribution in [0.3, 0.4) is 0 Å². The summed E-state index contributed by atoms with van der Waals surface area (Å²) in [6, 6.07) is 22.5. The zero-order valence-corrected chi connectivity index (χ0v) is 19.7. The monoisotopic (exact) mass is 572 g/mol. The van der Waals surface area contributed by atoms with Gasteiger partial charge in [-0.05, 0) is 37.0 Å². The normalized spacial score (nSPS) is 14.6. The van der Waals surface area contributed by atoms with Crippen LogP contribution in [0.15, 0.2) is 54.6 Å². The lowest BCUT2D eigenvalue weighted by Crippen LogP contribution is -2.43. The van der Waals surface area contributed by atoms with Gasteiger partial charge >= 0.3 is 0 Å². The molecule has 3 unspecified atom stereocenters. The molecule has 0 bridgehead atoms. The van der Waals surface area contributed by atoms with Gasteiger partial charge in [0.15, 0.2) is 0 Å². The van der Waals surface area contributed by atoms with Gasteiger partial charge in [-0.1, -0.05) is 99.8 Å². The van der Waals surface area contributed by atoms with Gasteiger partial charge in [0.05, 0.1) is 12.0 Å². The molecule has 3 atom stereocenters. The first-order valence-corrected chi connectivity index (χ1v) is 12.1. The predicted octanol–water partition coefficient (Wildman–Crippen LogP) is 6.30. The van der Waals surface area contributed by atoms with E-state index in [1.54, 1.807) is 0 Å². The first-order valence-electron chi connectivity index (χ1n) is 9.03. The van der Waals surface area contributed by atoms with E-state index in [1.165, 1.54) is 11.1 Å². The second kappa shape index (κ2) is 11.3. The molecule has 0 heterocycles. The van der Waals surface area contributed by atoms with Gasteiger partial charge in [-0.3, -0.25) is 4.90 Å². The first kappa shape index (κ1) is 21.6. The van der Waals surface area contributed by atoms with Gasteiger partial charge in [-0.25, -0.2) is 0 Å². The Morgan fingerprint density at radius 1 is 0.885 bits per heavy atom. The fourth-order valence-electron chi connectivity index (χ4n) is 3.17. The molecule has 2 aromatic carbocycles. The van der Waals surface area contributed by atoms with Gasteiger partial charge in [0.25, 0.3) is 0 Å². The zero-order valence-electron chi connectivity index (χ0n) is 15.4. The van der Waals surface area contributed by atoms with E-state index < -0.39 is 0 Å². The summed E-state index contributed by atoms with van der Waals surface area (Å²) in [5.74, 6) is -0.0508. The van der Waals surface area contributed by atoms with Crippen molar-refractivity contribution in [3.8, 4) is 17.2 Å². The van der Waals surface area contributed by atoms with E-state index in [9.17, 15) is 5.26 Å². The lowest BCUT2D eigenvalue weighted by Gasteiger charge is -2.33. The van der Waals surface area contributed by atoms with E-state index in [-0.39, 0.29) is 5.92 Å². The highest BCUT2D eigenvalue weighted by Gasteiger charge is 2.21. The van der Waals surface area contributed by atoms with Crippen molar-refractivity contribution in [2.45, 2.75) is 38.3 Å². The molecule has 0 spiro atoms. The summed E-state index contributed by atoms with van der Waals surface area (Å²) >= 11 is 4.91. The molecule has 2 nitrogen and oxygen atoms in total. The lowest BCUT2D eigenvalue weighted by atomic mass is 9.94. The second-order valence-corrected chi connectivity index (χ2v) is 8.46. The molecule has 2 aromatic rings. The molecule has 0 fully saturated rings. The second-order valence-electron chi connectivity index (χ2n) is 6.70. The lowest BCUT2D eigenvalue weighted by molar-refractivity contribution is 0.180. The van der Waals surface area contributed by atoms with Crippen LogP contribution >= 0.6 is 45.2 Å². The number of hydrogen-bond acceptors (Lipinski definition) is 2. The summed E-state index contributed by atoms with van der Waals surface area (Å²) < 4.78 is 2.23. The number of nitriles is 1. The van der Waals surface area contributed by atoms with Crippen LogP contribution in [0.1, 0.15) is 31.7 Å². The van der Waals surface area contributed by atoms with Crippen molar-refractivity contribution in [3.05, 3.63) is 60.2 Å². The number of alkyl halides is 2. The van der Waals surface area contributed by atoms with E-state index in [0.717, 1.165) is 27.4 Å². The molecule has 0 aliphatic rings. The molecule has 0 saturated heterocycles. The Morgan fingerprint density at radius 2 is 1.42 bits per heavy atom. The predicted molar refractivity (Wildman–Crippen MR) is 128 cm³/mol. The Bertz CT molecular complexity index is 684. The van der Waals surface area contributed by atoms with Gasteiger partial charge in [-0.2, -0.15) is 5.26 Å². The summed E-state index contributed by atoms with van der Waals surface area (Å²) in [4.78, 5) is 2.54. The third-order valence-electron chi connectivity index (χ3n) is 4.83. The highest BCUT2D eigenvalue weighted by molar-refractivity contribution is 14.1. The van der Waals surface area contributed by atoms with Crippen molar-refractivity contribution in [1.29, 1.82) is 5.26 Å². The maximum absolute atomic E-state index is 9.70. The molecule has 0 N–H and O–H groups in total. The fraction of sp³-hybridized carbons (Fsp3) is 0.409. The SMILES string of the molecule is CC(CI)N(CCC(C#N)c1ccc(-c2ccccc2)cc1)C(C)CI. The number of rotatable bonds is 9. The largest absolute Gasteiger partial charge is 0.296 e. The summed E-state index contributed by atoms with van der Waals surface area (Å²) in [5, 5.41) is 9.70. The molecular formula is C22H26I2N2. The third kappa shape index (κ3) is 5.93. The summed E-state index contributed by atoms with van der Waals surface area (Å²) in [6.45, 7) is 5.53. The summed E-state index contributed by atoms with van der Waals surface area (Å²) in [5.41, 5.74) is 3.53. The standard InChI is InChI=1S/C22H26I2N2/c1-17(14-23)26(18(2)15-24)13-12-22(16-25)21-10-8-20(9-11-21)19-6-4-3-5-7-19/h3-11,17-18,22H,12-15H2,1-2H3. The van der Waals surface area contributed by atoms with E-state index in [4.69, 9.17) is 0 Å². The van der Waals surface area contributed by atoms with Gasteiger partial charge in [0.2, 0.25) is 0 Å². The molecule has 138 valence electrons. The van der Waals surface area contributed by atoms with Crippen molar-refractivity contribution in [2.75, 3.05) is 15.4 Å². The van der Waals surface area contributed by atoms with E-state index in [2.05, 4.69) is 119 Å². The Hall–Kier alpha value is -0.650. The quantitative estimate of drug-likeness (QED) is 0.261. The highest BCUT2D eigenvalue weighted by Crippen LogP contribution is 2.25. The van der Waals surface area contributed by atoms with E-state index in [1.807, 2.05) is 6.07 Å². The topological polar surface area (TPSA) is 27.0 Å². The van der Waals surface area contributed by atoms with Crippen LogP contribution in [0.2, 0.25) is 0 Å². The van der Waals surface area contributed by atoms with Crippen molar-refractivity contribution in [2.24, 2.45) is 0 Å². The van der Waals surface area contributed by atoms with Gasteiger partial charge in [-0.15, -0.1) is 0 Å².